The fraction of sp³-hybridized carbons (Fsp3) is 0.500. The summed E-state index contributed by atoms with van der Waals surface area (Å²) in [6.07, 6.45) is 2.09. The van der Waals surface area contributed by atoms with Gasteiger partial charge in [-0.25, -0.2) is 9.18 Å². The standard InChI is InChI=1S/C14H17BrFNO2/c1-8(2)10-4-3-7-17(10)11-6-5-9(14(18)19)12(15)13(11)16/h5-6,8,10H,3-4,7H2,1-2H3,(H,18,19). The Bertz CT molecular complexity index is 504. The number of aromatic carboxylic acids is 1. The van der Waals surface area contributed by atoms with Gasteiger partial charge in [-0.15, -0.1) is 0 Å². The largest absolute Gasteiger partial charge is 0.478 e. The summed E-state index contributed by atoms with van der Waals surface area (Å²) >= 11 is 3.05. The van der Waals surface area contributed by atoms with Gasteiger partial charge in [0.25, 0.3) is 0 Å². The van der Waals surface area contributed by atoms with Crippen LogP contribution in [-0.4, -0.2) is 23.7 Å². The van der Waals surface area contributed by atoms with Crippen molar-refractivity contribution >= 4 is 27.6 Å². The van der Waals surface area contributed by atoms with E-state index in [-0.39, 0.29) is 10.0 Å². The predicted octanol–water partition coefficient (Wildman–Crippen LogP) is 3.91. The fourth-order valence-electron chi connectivity index (χ4n) is 2.71. The van der Waals surface area contributed by atoms with Crippen LogP contribution in [-0.2, 0) is 0 Å². The Hall–Kier alpha value is -1.10. The van der Waals surface area contributed by atoms with Crippen molar-refractivity contribution in [3.05, 3.63) is 28.0 Å². The average molecular weight is 330 g/mol. The molecule has 1 heterocycles. The minimum absolute atomic E-state index is 0.0342. The molecule has 1 fully saturated rings. The maximum atomic E-state index is 14.4. The highest BCUT2D eigenvalue weighted by Crippen LogP contribution is 2.35. The third-order valence-corrected chi connectivity index (χ3v) is 4.45. The van der Waals surface area contributed by atoms with Crippen molar-refractivity contribution in [3.63, 3.8) is 0 Å². The smallest absolute Gasteiger partial charge is 0.336 e. The van der Waals surface area contributed by atoms with E-state index in [1.165, 1.54) is 6.07 Å². The Labute approximate surface area is 120 Å². The Morgan fingerprint density at radius 3 is 2.79 bits per heavy atom. The Morgan fingerprint density at radius 2 is 2.21 bits per heavy atom. The third-order valence-electron chi connectivity index (χ3n) is 3.67. The van der Waals surface area contributed by atoms with Gasteiger partial charge in [0.2, 0.25) is 0 Å². The van der Waals surface area contributed by atoms with Crippen molar-refractivity contribution in [2.24, 2.45) is 5.92 Å². The number of benzene rings is 1. The van der Waals surface area contributed by atoms with Gasteiger partial charge in [0.1, 0.15) is 0 Å². The van der Waals surface area contributed by atoms with Crippen LogP contribution < -0.4 is 4.90 Å². The number of carboxylic acids is 1. The van der Waals surface area contributed by atoms with Crippen LogP contribution in [0.15, 0.2) is 16.6 Å². The van der Waals surface area contributed by atoms with Crippen LogP contribution in [0.2, 0.25) is 0 Å². The zero-order chi connectivity index (χ0) is 14.2. The summed E-state index contributed by atoms with van der Waals surface area (Å²) in [4.78, 5) is 13.0. The average Bonchev–Trinajstić information content (AvgIpc) is 2.81. The summed E-state index contributed by atoms with van der Waals surface area (Å²) in [5, 5.41) is 8.98. The molecule has 1 N–H and O–H groups in total. The molecule has 0 spiro atoms. The number of hydrogen-bond donors (Lipinski definition) is 1. The third kappa shape index (κ3) is 2.61. The van der Waals surface area contributed by atoms with Crippen molar-refractivity contribution in [1.29, 1.82) is 0 Å². The number of halogens is 2. The highest BCUT2D eigenvalue weighted by molar-refractivity contribution is 9.10. The minimum Gasteiger partial charge on any atom is -0.478 e. The van der Waals surface area contributed by atoms with Gasteiger partial charge in [-0.3, -0.25) is 0 Å². The van der Waals surface area contributed by atoms with E-state index in [4.69, 9.17) is 5.11 Å². The lowest BCUT2D eigenvalue weighted by molar-refractivity contribution is 0.0695. The molecule has 1 aromatic carbocycles. The van der Waals surface area contributed by atoms with Gasteiger partial charge < -0.3 is 10.0 Å². The van der Waals surface area contributed by atoms with E-state index < -0.39 is 11.8 Å². The molecule has 104 valence electrons. The Morgan fingerprint density at radius 1 is 1.53 bits per heavy atom. The molecule has 0 saturated carbocycles. The molecule has 5 heteroatoms. The monoisotopic (exact) mass is 329 g/mol. The zero-order valence-corrected chi connectivity index (χ0v) is 12.6. The normalized spacial score (nSPS) is 19.2. The molecule has 1 aromatic rings. The molecular formula is C14H17BrFNO2. The molecule has 0 amide bonds. The summed E-state index contributed by atoms with van der Waals surface area (Å²) < 4.78 is 14.4. The molecule has 0 bridgehead atoms. The first-order valence-corrected chi connectivity index (χ1v) is 7.20. The molecule has 3 nitrogen and oxygen atoms in total. The molecule has 0 aromatic heterocycles. The van der Waals surface area contributed by atoms with Crippen molar-refractivity contribution in [2.75, 3.05) is 11.4 Å². The van der Waals surface area contributed by atoms with E-state index in [9.17, 15) is 9.18 Å². The van der Waals surface area contributed by atoms with Gasteiger partial charge in [-0.1, -0.05) is 13.8 Å². The SMILES string of the molecule is CC(C)C1CCCN1c1ccc(C(=O)O)c(Br)c1F. The molecule has 0 aliphatic carbocycles. The van der Waals surface area contributed by atoms with E-state index in [0.717, 1.165) is 19.4 Å². The van der Waals surface area contributed by atoms with Gasteiger partial charge in [0, 0.05) is 12.6 Å². The molecule has 1 atom stereocenters. The predicted molar refractivity (Wildman–Crippen MR) is 76.3 cm³/mol. The second-order valence-corrected chi connectivity index (χ2v) is 6.01. The van der Waals surface area contributed by atoms with E-state index in [2.05, 4.69) is 34.7 Å². The molecule has 19 heavy (non-hydrogen) atoms. The Kier molecular flexibility index (Phi) is 4.13. The second-order valence-electron chi connectivity index (χ2n) is 5.21. The first kappa shape index (κ1) is 14.3. The van der Waals surface area contributed by atoms with Crippen LogP contribution in [0, 0.1) is 11.7 Å². The van der Waals surface area contributed by atoms with Crippen LogP contribution in [0.3, 0.4) is 0 Å². The fourth-order valence-corrected chi connectivity index (χ4v) is 3.22. The van der Waals surface area contributed by atoms with E-state index in [1.54, 1.807) is 6.07 Å². The molecule has 1 unspecified atom stereocenters. The molecule has 1 aliphatic rings. The topological polar surface area (TPSA) is 40.5 Å². The lowest BCUT2D eigenvalue weighted by atomic mass is 10.0. The first-order valence-electron chi connectivity index (χ1n) is 6.41. The zero-order valence-electron chi connectivity index (χ0n) is 11.0. The molecule has 1 saturated heterocycles. The summed E-state index contributed by atoms with van der Waals surface area (Å²) in [7, 11) is 0. The summed E-state index contributed by atoms with van der Waals surface area (Å²) in [5.74, 6) is -1.16. The highest BCUT2D eigenvalue weighted by atomic mass is 79.9. The van der Waals surface area contributed by atoms with E-state index in [1.807, 2.05) is 0 Å². The maximum absolute atomic E-state index is 14.4. The lowest BCUT2D eigenvalue weighted by Crippen LogP contribution is -2.34. The second kappa shape index (κ2) is 5.49. The van der Waals surface area contributed by atoms with Crippen LogP contribution in [0.25, 0.3) is 0 Å². The van der Waals surface area contributed by atoms with Crippen LogP contribution in [0.5, 0.6) is 0 Å². The van der Waals surface area contributed by atoms with Crippen molar-refractivity contribution in [3.8, 4) is 0 Å². The Balaban J connectivity index is 2.41. The summed E-state index contributed by atoms with van der Waals surface area (Å²) in [5.41, 5.74) is 0.453. The summed E-state index contributed by atoms with van der Waals surface area (Å²) in [6.45, 7) is 5.07. The van der Waals surface area contributed by atoms with Crippen LogP contribution in [0.4, 0.5) is 10.1 Å². The number of anilines is 1. The van der Waals surface area contributed by atoms with Gasteiger partial charge in [0.15, 0.2) is 5.82 Å². The number of carboxylic acid groups (broad SMARTS) is 1. The van der Waals surface area contributed by atoms with Crippen molar-refractivity contribution in [2.45, 2.75) is 32.7 Å². The van der Waals surface area contributed by atoms with Gasteiger partial charge >= 0.3 is 5.97 Å². The van der Waals surface area contributed by atoms with Gasteiger partial charge in [-0.05, 0) is 46.8 Å². The van der Waals surface area contributed by atoms with Crippen LogP contribution in [0.1, 0.15) is 37.0 Å². The van der Waals surface area contributed by atoms with E-state index in [0.29, 0.717) is 17.6 Å². The lowest BCUT2D eigenvalue weighted by Gasteiger charge is -2.30. The van der Waals surface area contributed by atoms with Gasteiger partial charge in [0.05, 0.1) is 15.7 Å². The molecule has 0 radical (unpaired) electrons. The number of hydrogen-bond acceptors (Lipinski definition) is 2. The van der Waals surface area contributed by atoms with Crippen molar-refractivity contribution in [1.82, 2.24) is 0 Å². The molecule has 2 rings (SSSR count). The quantitative estimate of drug-likeness (QED) is 0.913. The molecule has 1 aliphatic heterocycles. The summed E-state index contributed by atoms with van der Waals surface area (Å²) in [6, 6.07) is 3.35. The van der Waals surface area contributed by atoms with E-state index >= 15 is 0 Å². The van der Waals surface area contributed by atoms with Gasteiger partial charge in [-0.2, -0.15) is 0 Å². The number of nitrogens with zero attached hydrogens (tertiary/aromatic N) is 1. The van der Waals surface area contributed by atoms with Crippen molar-refractivity contribution < 1.29 is 14.3 Å². The first-order chi connectivity index (χ1) is 8.93. The minimum atomic E-state index is -1.13. The number of rotatable bonds is 3. The highest BCUT2D eigenvalue weighted by Gasteiger charge is 2.30. The van der Waals surface area contributed by atoms with Crippen LogP contribution >= 0.6 is 15.9 Å². The number of carbonyl (C=O) groups is 1. The maximum Gasteiger partial charge on any atom is 0.336 e. The molecular weight excluding hydrogens is 313 g/mol.